The van der Waals surface area contributed by atoms with Gasteiger partial charge in [0, 0.05) is 29.1 Å². The van der Waals surface area contributed by atoms with E-state index in [4.69, 9.17) is 0 Å². The zero-order chi connectivity index (χ0) is 29.5. The molecule has 212 valence electrons. The van der Waals surface area contributed by atoms with E-state index in [9.17, 15) is 0 Å². The summed E-state index contributed by atoms with van der Waals surface area (Å²) in [6.45, 7) is 0. The molecule has 3 aromatic heterocycles. The van der Waals surface area contributed by atoms with E-state index in [1.807, 2.05) is 0 Å². The van der Waals surface area contributed by atoms with E-state index in [2.05, 4.69) is 167 Å². The molecule has 0 amide bonds. The maximum atomic E-state index is 2.39. The number of rotatable bonds is 6. The first-order valence-electron chi connectivity index (χ1n) is 14.9. The maximum Gasteiger partial charge on any atom is 0.0999 e. The summed E-state index contributed by atoms with van der Waals surface area (Å²) in [7, 11) is 2.16. The van der Waals surface area contributed by atoms with Crippen molar-refractivity contribution < 1.29 is 0 Å². The van der Waals surface area contributed by atoms with Crippen LogP contribution in [0.4, 0.5) is 10.7 Å². The van der Waals surface area contributed by atoms with Gasteiger partial charge in [-0.15, -0.1) is 22.7 Å². The lowest BCUT2D eigenvalue weighted by Crippen LogP contribution is -2.10. The number of aromatic nitrogens is 1. The minimum absolute atomic E-state index is 0.948. The maximum absolute atomic E-state index is 2.39. The predicted octanol–water partition coefficient (Wildman–Crippen LogP) is 11.9. The van der Waals surface area contributed by atoms with Crippen molar-refractivity contribution in [3.63, 3.8) is 0 Å². The summed E-state index contributed by atoms with van der Waals surface area (Å²) in [4.78, 5) is 2.30. The quantitative estimate of drug-likeness (QED) is 0.184. The normalized spacial score (nSPS) is 13.0. The van der Waals surface area contributed by atoms with Gasteiger partial charge in [0.05, 0.1) is 21.0 Å². The van der Waals surface area contributed by atoms with Gasteiger partial charge in [-0.3, -0.25) is 0 Å². The van der Waals surface area contributed by atoms with Crippen molar-refractivity contribution in [2.24, 2.45) is 0 Å². The van der Waals surface area contributed by atoms with E-state index >= 15 is 0 Å². The molecule has 8 rings (SSSR count). The zero-order valence-corrected chi connectivity index (χ0v) is 26.0. The first-order valence-corrected chi connectivity index (χ1v) is 16.6. The Morgan fingerprint density at radius 1 is 0.636 bits per heavy atom. The van der Waals surface area contributed by atoms with Gasteiger partial charge in [0.1, 0.15) is 0 Å². The van der Waals surface area contributed by atoms with E-state index < -0.39 is 0 Å². The molecular weight excluding hydrogens is 573 g/mol. The van der Waals surface area contributed by atoms with Gasteiger partial charge in [-0.2, -0.15) is 0 Å². The Hall–Kier alpha value is -4.90. The standard InChI is InChI=1S/C40H30N2S2/c1-41(39-18-10-24-43-39)36-22-20-29(26-34(36)28-12-4-2-3-5-13-28)31-14-6-7-15-32(31)30-21-23-38-35(27-30)33-16-8-9-17-37(33)42(38)40-19-11-25-44-40/h2,4-27H,3H2,1H3. The average Bonchev–Trinajstić information content (AvgIpc) is 3.82. The summed E-state index contributed by atoms with van der Waals surface area (Å²) in [5.41, 5.74) is 11.0. The van der Waals surface area contributed by atoms with Crippen LogP contribution in [-0.2, 0) is 0 Å². The van der Waals surface area contributed by atoms with Crippen LogP contribution < -0.4 is 4.90 Å². The Bertz CT molecular complexity index is 2210. The fourth-order valence-corrected chi connectivity index (χ4v) is 7.79. The van der Waals surface area contributed by atoms with Crippen LogP contribution in [0.3, 0.4) is 0 Å². The minimum Gasteiger partial charge on any atom is -0.336 e. The zero-order valence-electron chi connectivity index (χ0n) is 24.4. The molecule has 0 bridgehead atoms. The highest BCUT2D eigenvalue weighted by Gasteiger charge is 2.18. The number of hydrogen-bond donors (Lipinski definition) is 0. The van der Waals surface area contributed by atoms with Crippen molar-refractivity contribution >= 4 is 60.7 Å². The van der Waals surface area contributed by atoms with E-state index in [0.717, 1.165) is 6.42 Å². The minimum atomic E-state index is 0.948. The highest BCUT2D eigenvalue weighted by molar-refractivity contribution is 7.14. The molecule has 0 N–H and O–H groups in total. The molecule has 1 aliphatic rings. The molecule has 0 saturated carbocycles. The first-order chi connectivity index (χ1) is 21.8. The molecule has 0 aliphatic heterocycles. The highest BCUT2D eigenvalue weighted by atomic mass is 32.1. The monoisotopic (exact) mass is 602 g/mol. The predicted molar refractivity (Wildman–Crippen MR) is 193 cm³/mol. The molecule has 0 fully saturated rings. The lowest BCUT2D eigenvalue weighted by molar-refractivity contribution is 1.22. The summed E-state index contributed by atoms with van der Waals surface area (Å²) in [6.07, 6.45) is 12.1. The molecule has 4 heteroatoms. The second kappa shape index (κ2) is 11.3. The van der Waals surface area contributed by atoms with Crippen LogP contribution in [0.15, 0.2) is 150 Å². The SMILES string of the molecule is CN(c1cccs1)c1ccc(-c2ccccc2-c2ccc3c(c2)c2ccccc2n3-c2cccs2)cc1C1=CC=CCC=C1. The van der Waals surface area contributed by atoms with Crippen LogP contribution in [0.25, 0.3) is 54.6 Å². The van der Waals surface area contributed by atoms with E-state index in [1.54, 1.807) is 22.7 Å². The number of allylic oxidation sites excluding steroid dienone is 6. The summed E-state index contributed by atoms with van der Waals surface area (Å²) in [5, 5.41) is 9.30. The molecule has 7 aromatic rings. The fraction of sp³-hybridized carbons (Fsp3) is 0.0500. The van der Waals surface area contributed by atoms with Gasteiger partial charge in [0.25, 0.3) is 0 Å². The van der Waals surface area contributed by atoms with Gasteiger partial charge < -0.3 is 9.47 Å². The molecule has 0 atom stereocenters. The number of thiophene rings is 2. The lowest BCUT2D eigenvalue weighted by atomic mass is 9.91. The van der Waals surface area contributed by atoms with Crippen LogP contribution in [0.5, 0.6) is 0 Å². The molecule has 3 heterocycles. The molecule has 44 heavy (non-hydrogen) atoms. The van der Waals surface area contributed by atoms with Crippen LogP contribution in [0, 0.1) is 0 Å². The molecule has 4 aromatic carbocycles. The van der Waals surface area contributed by atoms with Crippen molar-refractivity contribution in [3.05, 3.63) is 156 Å². The molecule has 2 nitrogen and oxygen atoms in total. The Labute approximate surface area is 265 Å². The van der Waals surface area contributed by atoms with Crippen molar-refractivity contribution in [1.82, 2.24) is 4.57 Å². The molecule has 0 unspecified atom stereocenters. The van der Waals surface area contributed by atoms with Gasteiger partial charge in [-0.05, 0) is 99.6 Å². The number of fused-ring (bicyclic) bond motifs is 3. The lowest BCUT2D eigenvalue weighted by Gasteiger charge is -2.23. The summed E-state index contributed by atoms with van der Waals surface area (Å²) in [5.74, 6) is 0. The van der Waals surface area contributed by atoms with Crippen LogP contribution in [0.2, 0.25) is 0 Å². The van der Waals surface area contributed by atoms with E-state index in [-0.39, 0.29) is 0 Å². The van der Waals surface area contributed by atoms with E-state index in [1.165, 1.54) is 70.9 Å². The second-order valence-corrected chi connectivity index (χ2v) is 12.9. The van der Waals surface area contributed by atoms with Gasteiger partial charge in [0.15, 0.2) is 0 Å². The smallest absolute Gasteiger partial charge is 0.0999 e. The van der Waals surface area contributed by atoms with Crippen molar-refractivity contribution in [3.8, 4) is 27.3 Å². The topological polar surface area (TPSA) is 8.17 Å². The van der Waals surface area contributed by atoms with Crippen LogP contribution >= 0.6 is 22.7 Å². The van der Waals surface area contributed by atoms with Crippen LogP contribution in [0.1, 0.15) is 12.0 Å². The summed E-state index contributed by atoms with van der Waals surface area (Å²) in [6, 6.07) is 40.1. The fourth-order valence-electron chi connectivity index (χ4n) is 6.33. The molecule has 1 aliphatic carbocycles. The van der Waals surface area contributed by atoms with Gasteiger partial charge in [0.2, 0.25) is 0 Å². The largest absolute Gasteiger partial charge is 0.336 e. The summed E-state index contributed by atoms with van der Waals surface area (Å²) >= 11 is 3.54. The third-order valence-electron chi connectivity index (χ3n) is 8.44. The Kier molecular flexibility index (Phi) is 6.86. The van der Waals surface area contributed by atoms with Crippen molar-refractivity contribution in [1.29, 1.82) is 0 Å². The van der Waals surface area contributed by atoms with Crippen LogP contribution in [-0.4, -0.2) is 11.6 Å². The Morgan fingerprint density at radius 2 is 1.39 bits per heavy atom. The van der Waals surface area contributed by atoms with Gasteiger partial charge in [-0.1, -0.05) is 85.0 Å². The van der Waals surface area contributed by atoms with Crippen molar-refractivity contribution in [2.75, 3.05) is 11.9 Å². The first kappa shape index (κ1) is 26.7. The molecular formula is C40H30N2S2. The van der Waals surface area contributed by atoms with Gasteiger partial charge >= 0.3 is 0 Å². The molecule has 0 radical (unpaired) electrons. The Balaban J connectivity index is 1.29. The molecule has 0 spiro atoms. The number of hydrogen-bond acceptors (Lipinski definition) is 3. The number of anilines is 2. The average molecular weight is 603 g/mol. The third-order valence-corrected chi connectivity index (χ3v) is 10.2. The van der Waals surface area contributed by atoms with Gasteiger partial charge in [-0.25, -0.2) is 0 Å². The van der Waals surface area contributed by atoms with Crippen molar-refractivity contribution in [2.45, 2.75) is 6.42 Å². The van der Waals surface area contributed by atoms with E-state index in [0.29, 0.717) is 0 Å². The summed E-state index contributed by atoms with van der Waals surface area (Å²) < 4.78 is 2.39. The number of benzene rings is 4. The molecule has 0 saturated heterocycles. The number of para-hydroxylation sites is 1. The highest BCUT2D eigenvalue weighted by Crippen LogP contribution is 2.41. The third kappa shape index (κ3) is 4.64. The Morgan fingerprint density at radius 3 is 2.20 bits per heavy atom. The second-order valence-electron chi connectivity index (χ2n) is 11.0. The number of nitrogens with zero attached hydrogens (tertiary/aromatic N) is 2.